The van der Waals surface area contributed by atoms with Crippen molar-refractivity contribution in [1.29, 1.82) is 5.26 Å². The predicted molar refractivity (Wildman–Crippen MR) is 89.9 cm³/mol. The number of nitrogens with one attached hydrogen (secondary N) is 1. The van der Waals surface area contributed by atoms with Crippen LogP contribution in [0, 0.1) is 11.3 Å². The zero-order chi connectivity index (χ0) is 16.5. The van der Waals surface area contributed by atoms with E-state index in [4.69, 9.17) is 10.00 Å². The number of ether oxygens (including phenoxy) is 1. The Morgan fingerprint density at radius 3 is 2.78 bits per heavy atom. The number of hydrogen-bond donors (Lipinski definition) is 2. The van der Waals surface area contributed by atoms with Gasteiger partial charge in [-0.15, -0.1) is 0 Å². The first-order valence-electron chi connectivity index (χ1n) is 7.80. The fourth-order valence-electron chi connectivity index (χ4n) is 2.26. The third kappa shape index (κ3) is 5.10. The van der Waals surface area contributed by atoms with Crippen LogP contribution < -0.4 is 10.1 Å². The average molecular weight is 310 g/mol. The van der Waals surface area contributed by atoms with Gasteiger partial charge < -0.3 is 15.2 Å². The fourth-order valence-corrected chi connectivity index (χ4v) is 2.26. The molecule has 0 aliphatic rings. The van der Waals surface area contributed by atoms with Crippen LogP contribution in [0.15, 0.2) is 48.5 Å². The van der Waals surface area contributed by atoms with Crippen molar-refractivity contribution in [3.8, 4) is 11.8 Å². The summed E-state index contributed by atoms with van der Waals surface area (Å²) in [6.07, 6.45) is 0.887. The van der Waals surface area contributed by atoms with Crippen molar-refractivity contribution < 1.29 is 9.84 Å². The molecule has 0 saturated carbocycles. The summed E-state index contributed by atoms with van der Waals surface area (Å²) in [5, 5.41) is 21.6. The maximum Gasteiger partial charge on any atom is 0.120 e. The molecule has 2 N–H and O–H groups in total. The van der Waals surface area contributed by atoms with Gasteiger partial charge in [-0.05, 0) is 30.2 Å². The van der Waals surface area contributed by atoms with Crippen molar-refractivity contribution in [1.82, 2.24) is 5.32 Å². The highest BCUT2D eigenvalue weighted by atomic mass is 16.5. The molecule has 4 nitrogen and oxygen atoms in total. The number of aliphatic hydroxyl groups excluding tert-OH is 1. The molecule has 0 aromatic heterocycles. The van der Waals surface area contributed by atoms with E-state index in [2.05, 4.69) is 11.4 Å². The fraction of sp³-hybridized carbons (Fsp3) is 0.316. The van der Waals surface area contributed by atoms with Crippen molar-refractivity contribution in [3.63, 3.8) is 0 Å². The number of hydrogen-bond acceptors (Lipinski definition) is 4. The highest BCUT2D eigenvalue weighted by Crippen LogP contribution is 2.17. The normalized spacial score (nSPS) is 11.7. The first-order valence-corrected chi connectivity index (χ1v) is 7.80. The van der Waals surface area contributed by atoms with Gasteiger partial charge >= 0.3 is 0 Å². The number of aliphatic hydroxyl groups is 1. The second-order valence-corrected chi connectivity index (χ2v) is 5.37. The van der Waals surface area contributed by atoms with Gasteiger partial charge in [-0.25, -0.2) is 0 Å². The van der Waals surface area contributed by atoms with Gasteiger partial charge in [0.1, 0.15) is 12.4 Å². The van der Waals surface area contributed by atoms with Crippen molar-refractivity contribution in [3.05, 3.63) is 65.2 Å². The lowest BCUT2D eigenvalue weighted by Crippen LogP contribution is -2.31. The summed E-state index contributed by atoms with van der Waals surface area (Å²) in [6.45, 7) is 3.23. The molecule has 120 valence electrons. The van der Waals surface area contributed by atoms with E-state index in [0.29, 0.717) is 18.7 Å². The molecule has 0 spiro atoms. The molecule has 4 heteroatoms. The van der Waals surface area contributed by atoms with Gasteiger partial charge in [0.15, 0.2) is 0 Å². The van der Waals surface area contributed by atoms with E-state index < -0.39 is 0 Å². The average Bonchev–Trinajstić information content (AvgIpc) is 2.61. The van der Waals surface area contributed by atoms with Crippen LogP contribution >= 0.6 is 0 Å². The molecule has 0 aliphatic heterocycles. The Balaban J connectivity index is 1.96. The zero-order valence-corrected chi connectivity index (χ0v) is 13.3. The monoisotopic (exact) mass is 310 g/mol. The molecule has 0 fully saturated rings. The zero-order valence-electron chi connectivity index (χ0n) is 13.3. The Morgan fingerprint density at radius 2 is 2.04 bits per heavy atom. The third-order valence-corrected chi connectivity index (χ3v) is 3.74. The Bertz CT molecular complexity index is 660. The summed E-state index contributed by atoms with van der Waals surface area (Å²) in [5.74, 6) is 0.772. The van der Waals surface area contributed by atoms with Crippen molar-refractivity contribution in [2.24, 2.45) is 0 Å². The summed E-state index contributed by atoms with van der Waals surface area (Å²) in [4.78, 5) is 0. The lowest BCUT2D eigenvalue weighted by molar-refractivity contribution is 0.238. The molecule has 0 heterocycles. The van der Waals surface area contributed by atoms with Crippen LogP contribution in [-0.2, 0) is 13.2 Å². The van der Waals surface area contributed by atoms with E-state index >= 15 is 0 Å². The SMILES string of the molecule is CCC(CO)NCc1cccc(OCc2ccccc2C#N)c1. The number of nitriles is 1. The lowest BCUT2D eigenvalue weighted by Gasteiger charge is -2.14. The first kappa shape index (κ1) is 17.0. The Kier molecular flexibility index (Phi) is 6.61. The van der Waals surface area contributed by atoms with Gasteiger partial charge in [-0.3, -0.25) is 0 Å². The van der Waals surface area contributed by atoms with Gasteiger partial charge in [0.05, 0.1) is 18.2 Å². The number of rotatable bonds is 8. The quantitative estimate of drug-likeness (QED) is 0.786. The van der Waals surface area contributed by atoms with E-state index in [1.807, 2.05) is 49.4 Å². The van der Waals surface area contributed by atoms with Gasteiger partial charge in [-0.1, -0.05) is 37.3 Å². The van der Waals surface area contributed by atoms with Gasteiger partial charge in [0, 0.05) is 18.2 Å². The van der Waals surface area contributed by atoms with Crippen molar-refractivity contribution in [2.75, 3.05) is 6.61 Å². The number of nitrogens with zero attached hydrogens (tertiary/aromatic N) is 1. The van der Waals surface area contributed by atoms with Crippen LogP contribution in [0.1, 0.15) is 30.0 Å². The Hall–Kier alpha value is -2.35. The smallest absolute Gasteiger partial charge is 0.120 e. The second kappa shape index (κ2) is 8.94. The summed E-state index contributed by atoms with van der Waals surface area (Å²) >= 11 is 0. The minimum Gasteiger partial charge on any atom is -0.489 e. The van der Waals surface area contributed by atoms with Gasteiger partial charge in [0.25, 0.3) is 0 Å². The molecular weight excluding hydrogens is 288 g/mol. The summed E-state index contributed by atoms with van der Waals surface area (Å²) in [7, 11) is 0. The largest absolute Gasteiger partial charge is 0.489 e. The molecular formula is C19H22N2O2. The van der Waals surface area contributed by atoms with E-state index in [9.17, 15) is 5.11 Å². The summed E-state index contributed by atoms with van der Waals surface area (Å²) in [6, 6.07) is 17.6. The topological polar surface area (TPSA) is 65.3 Å². The van der Waals surface area contributed by atoms with Crippen LogP contribution in [0.2, 0.25) is 0 Å². The lowest BCUT2D eigenvalue weighted by atomic mass is 10.1. The molecule has 2 aromatic carbocycles. The van der Waals surface area contributed by atoms with Crippen LogP contribution in [0.3, 0.4) is 0 Å². The van der Waals surface area contributed by atoms with Gasteiger partial charge in [-0.2, -0.15) is 5.26 Å². The van der Waals surface area contributed by atoms with Crippen LogP contribution in [0.5, 0.6) is 5.75 Å². The standard InChI is InChI=1S/C19H22N2O2/c1-2-18(13-22)21-12-15-6-5-9-19(10-15)23-14-17-8-4-3-7-16(17)11-20/h3-10,18,21-22H,2,12-14H2,1H3. The molecule has 0 aliphatic carbocycles. The minimum atomic E-state index is 0.113. The highest BCUT2D eigenvalue weighted by molar-refractivity contribution is 5.37. The molecule has 0 saturated heterocycles. The molecule has 0 radical (unpaired) electrons. The maximum absolute atomic E-state index is 9.20. The number of benzene rings is 2. The van der Waals surface area contributed by atoms with E-state index in [1.165, 1.54) is 0 Å². The second-order valence-electron chi connectivity index (χ2n) is 5.37. The molecule has 1 atom stereocenters. The van der Waals surface area contributed by atoms with Crippen LogP contribution in [-0.4, -0.2) is 17.8 Å². The van der Waals surface area contributed by atoms with Gasteiger partial charge in [0.2, 0.25) is 0 Å². The molecule has 2 rings (SSSR count). The molecule has 1 unspecified atom stereocenters. The Labute approximate surface area is 137 Å². The molecule has 0 bridgehead atoms. The van der Waals surface area contributed by atoms with E-state index in [1.54, 1.807) is 6.07 Å². The Morgan fingerprint density at radius 1 is 1.22 bits per heavy atom. The van der Waals surface area contributed by atoms with Crippen molar-refractivity contribution >= 4 is 0 Å². The molecule has 2 aromatic rings. The van der Waals surface area contributed by atoms with Crippen LogP contribution in [0.25, 0.3) is 0 Å². The summed E-state index contributed by atoms with van der Waals surface area (Å²) < 4.78 is 5.81. The summed E-state index contributed by atoms with van der Waals surface area (Å²) in [5.41, 5.74) is 2.62. The van der Waals surface area contributed by atoms with E-state index in [0.717, 1.165) is 23.3 Å². The third-order valence-electron chi connectivity index (χ3n) is 3.74. The van der Waals surface area contributed by atoms with Crippen molar-refractivity contribution in [2.45, 2.75) is 32.5 Å². The highest BCUT2D eigenvalue weighted by Gasteiger charge is 2.05. The minimum absolute atomic E-state index is 0.113. The molecule has 0 amide bonds. The first-order chi connectivity index (χ1) is 11.3. The predicted octanol–water partition coefficient (Wildman–Crippen LogP) is 3.00. The van der Waals surface area contributed by atoms with Crippen LogP contribution in [0.4, 0.5) is 0 Å². The molecule has 23 heavy (non-hydrogen) atoms. The maximum atomic E-state index is 9.20. The van der Waals surface area contributed by atoms with E-state index in [-0.39, 0.29) is 12.6 Å².